The molecule has 0 unspecified atom stereocenters. The van der Waals surface area contributed by atoms with Crippen molar-refractivity contribution in [3.05, 3.63) is 12.2 Å². The maximum atomic E-state index is 10.6. The summed E-state index contributed by atoms with van der Waals surface area (Å²) in [6.45, 7) is 9.79. The molecule has 3 rings (SSSR count). The summed E-state index contributed by atoms with van der Waals surface area (Å²) in [5.74, 6) is 0.368. The summed E-state index contributed by atoms with van der Waals surface area (Å²) in [6.07, 6.45) is -2.54. The monoisotopic (exact) mass is 400 g/mol. The predicted molar refractivity (Wildman–Crippen MR) is 102 cm³/mol. The van der Waals surface area contributed by atoms with Gasteiger partial charge < -0.3 is 35.0 Å². The fourth-order valence-corrected chi connectivity index (χ4v) is 5.38. The first kappa shape index (κ1) is 22.2. The van der Waals surface area contributed by atoms with Crippen LogP contribution in [0.25, 0.3) is 0 Å². The molecule has 162 valence electrons. The van der Waals surface area contributed by atoms with Gasteiger partial charge in [-0.05, 0) is 57.8 Å². The molecule has 0 spiro atoms. The molecule has 3 aliphatic rings. The first-order chi connectivity index (χ1) is 13.0. The Morgan fingerprint density at radius 2 is 1.82 bits per heavy atom. The second-order valence-corrected chi connectivity index (χ2v) is 9.66. The normalized spacial score (nSPS) is 47.6. The topological polar surface area (TPSA) is 120 Å². The fourth-order valence-electron chi connectivity index (χ4n) is 5.38. The molecule has 0 amide bonds. The van der Waals surface area contributed by atoms with Gasteiger partial charge in [-0.25, -0.2) is 0 Å². The largest absolute Gasteiger partial charge is 0.394 e. The SMILES string of the molecule is C=C1CC[C@@H](O)[C@]2(C)CC[C@H](C(C)(C)O[C@@H]3O[C@H](CO)[C@@H](O)[C@H](O)[C@H]3O)C[C@@H]12. The molecule has 7 nitrogen and oxygen atoms in total. The summed E-state index contributed by atoms with van der Waals surface area (Å²) in [5, 5.41) is 50.2. The average molecular weight is 401 g/mol. The molecular weight excluding hydrogens is 364 g/mol. The van der Waals surface area contributed by atoms with Crippen LogP contribution in [-0.4, -0.2) is 74.6 Å². The minimum Gasteiger partial charge on any atom is -0.394 e. The number of allylic oxidation sites excluding steroid dienone is 1. The molecule has 1 heterocycles. The van der Waals surface area contributed by atoms with E-state index in [1.165, 1.54) is 5.57 Å². The Morgan fingerprint density at radius 1 is 1.14 bits per heavy atom. The van der Waals surface area contributed by atoms with Crippen LogP contribution in [0.5, 0.6) is 0 Å². The van der Waals surface area contributed by atoms with E-state index in [4.69, 9.17) is 9.47 Å². The number of aliphatic hydroxyl groups excluding tert-OH is 5. The zero-order chi connectivity index (χ0) is 20.9. The standard InChI is InChI=1S/C21H36O7/c1-11-5-6-15(23)21(4)8-7-12(9-13(11)21)20(2,3)28-19-18(26)17(25)16(24)14(10-22)27-19/h12-19,22-26H,1,5-10H2,2-4H3/t12-,13-,14+,15+,16+,17-,18+,19-,21+/m0/s1. The van der Waals surface area contributed by atoms with E-state index in [-0.39, 0.29) is 23.4 Å². The van der Waals surface area contributed by atoms with E-state index < -0.39 is 42.9 Å². The van der Waals surface area contributed by atoms with Gasteiger partial charge in [0.05, 0.1) is 18.3 Å². The Balaban J connectivity index is 1.72. The minimum atomic E-state index is -1.45. The highest BCUT2D eigenvalue weighted by atomic mass is 16.7. The lowest BCUT2D eigenvalue weighted by Crippen LogP contribution is -2.61. The first-order valence-electron chi connectivity index (χ1n) is 10.4. The number of fused-ring (bicyclic) bond motifs is 1. The number of hydrogen-bond donors (Lipinski definition) is 5. The molecular formula is C21H36O7. The van der Waals surface area contributed by atoms with Gasteiger partial charge in [-0.15, -0.1) is 0 Å². The van der Waals surface area contributed by atoms with Crippen LogP contribution in [0.4, 0.5) is 0 Å². The summed E-state index contributed by atoms with van der Waals surface area (Å²) < 4.78 is 11.6. The lowest BCUT2D eigenvalue weighted by molar-refractivity contribution is -0.330. The number of ether oxygens (including phenoxy) is 2. The molecule has 0 aromatic carbocycles. The van der Waals surface area contributed by atoms with Gasteiger partial charge in [-0.3, -0.25) is 0 Å². The predicted octanol–water partition coefficient (Wildman–Crippen LogP) is 0.715. The van der Waals surface area contributed by atoms with Gasteiger partial charge in [0.2, 0.25) is 0 Å². The Hall–Kier alpha value is -0.540. The lowest BCUT2D eigenvalue weighted by Gasteiger charge is -2.54. The molecule has 7 heteroatoms. The van der Waals surface area contributed by atoms with E-state index in [1.54, 1.807) is 0 Å². The molecule has 5 N–H and O–H groups in total. The average Bonchev–Trinajstić information content (AvgIpc) is 2.65. The van der Waals surface area contributed by atoms with Crippen molar-refractivity contribution in [3.63, 3.8) is 0 Å². The number of rotatable bonds is 4. The van der Waals surface area contributed by atoms with Gasteiger partial charge in [-0.1, -0.05) is 19.1 Å². The van der Waals surface area contributed by atoms with E-state index >= 15 is 0 Å². The Labute approximate surface area is 167 Å². The third kappa shape index (κ3) is 3.78. The Bertz CT molecular complexity index is 577. The van der Waals surface area contributed by atoms with Crippen LogP contribution < -0.4 is 0 Å². The number of aliphatic hydroxyl groups is 5. The van der Waals surface area contributed by atoms with E-state index in [1.807, 2.05) is 13.8 Å². The summed E-state index contributed by atoms with van der Waals surface area (Å²) in [4.78, 5) is 0. The third-order valence-corrected chi connectivity index (χ3v) is 7.59. The first-order valence-corrected chi connectivity index (χ1v) is 10.4. The second kappa shape index (κ2) is 7.95. The van der Waals surface area contributed by atoms with Crippen molar-refractivity contribution in [2.24, 2.45) is 17.3 Å². The fraction of sp³-hybridized carbons (Fsp3) is 0.905. The molecule has 2 aliphatic carbocycles. The second-order valence-electron chi connectivity index (χ2n) is 9.66. The van der Waals surface area contributed by atoms with Crippen molar-refractivity contribution in [2.75, 3.05) is 6.61 Å². The third-order valence-electron chi connectivity index (χ3n) is 7.59. The van der Waals surface area contributed by atoms with Gasteiger partial charge in [0.25, 0.3) is 0 Å². The molecule has 0 aromatic rings. The van der Waals surface area contributed by atoms with Gasteiger partial charge in [-0.2, -0.15) is 0 Å². The van der Waals surface area contributed by atoms with Crippen LogP contribution >= 0.6 is 0 Å². The van der Waals surface area contributed by atoms with E-state index in [0.29, 0.717) is 0 Å². The molecule has 0 bridgehead atoms. The van der Waals surface area contributed by atoms with Crippen LogP contribution in [0.1, 0.15) is 52.9 Å². The van der Waals surface area contributed by atoms with E-state index in [9.17, 15) is 25.5 Å². The minimum absolute atomic E-state index is 0.153. The van der Waals surface area contributed by atoms with Crippen molar-refractivity contribution in [3.8, 4) is 0 Å². The van der Waals surface area contributed by atoms with E-state index in [2.05, 4.69) is 13.5 Å². The molecule has 9 atom stereocenters. The van der Waals surface area contributed by atoms with Gasteiger partial charge in [0.1, 0.15) is 24.4 Å². The smallest absolute Gasteiger partial charge is 0.187 e. The summed E-state index contributed by atoms with van der Waals surface area (Å²) >= 11 is 0. The lowest BCUT2D eigenvalue weighted by atomic mass is 9.54. The Kier molecular flexibility index (Phi) is 6.29. The molecule has 0 radical (unpaired) electrons. The molecule has 28 heavy (non-hydrogen) atoms. The van der Waals surface area contributed by atoms with Gasteiger partial charge in [0.15, 0.2) is 6.29 Å². The Morgan fingerprint density at radius 3 is 2.46 bits per heavy atom. The quantitative estimate of drug-likeness (QED) is 0.441. The maximum absolute atomic E-state index is 10.6. The zero-order valence-electron chi connectivity index (χ0n) is 17.1. The highest BCUT2D eigenvalue weighted by molar-refractivity contribution is 5.16. The zero-order valence-corrected chi connectivity index (χ0v) is 17.1. The highest BCUT2D eigenvalue weighted by Crippen LogP contribution is 2.55. The highest BCUT2D eigenvalue weighted by Gasteiger charge is 2.52. The van der Waals surface area contributed by atoms with Crippen LogP contribution in [0, 0.1) is 17.3 Å². The van der Waals surface area contributed by atoms with Crippen molar-refractivity contribution in [2.45, 2.75) is 95.3 Å². The summed E-state index contributed by atoms with van der Waals surface area (Å²) in [6, 6.07) is 0. The number of hydrogen-bond acceptors (Lipinski definition) is 7. The molecule has 1 aliphatic heterocycles. The summed E-state index contributed by atoms with van der Waals surface area (Å²) in [5.41, 5.74) is 0.351. The van der Waals surface area contributed by atoms with Crippen LogP contribution in [0.3, 0.4) is 0 Å². The van der Waals surface area contributed by atoms with Crippen LogP contribution in [0.2, 0.25) is 0 Å². The van der Waals surface area contributed by atoms with Crippen LogP contribution in [0.15, 0.2) is 12.2 Å². The van der Waals surface area contributed by atoms with Gasteiger partial charge in [0, 0.05) is 5.41 Å². The molecule has 2 saturated carbocycles. The van der Waals surface area contributed by atoms with Gasteiger partial charge >= 0.3 is 0 Å². The van der Waals surface area contributed by atoms with Crippen molar-refractivity contribution < 1.29 is 35.0 Å². The summed E-state index contributed by atoms with van der Waals surface area (Å²) in [7, 11) is 0. The van der Waals surface area contributed by atoms with Crippen LogP contribution in [-0.2, 0) is 9.47 Å². The molecule has 1 saturated heterocycles. The van der Waals surface area contributed by atoms with E-state index in [0.717, 1.165) is 32.1 Å². The van der Waals surface area contributed by atoms with Crippen molar-refractivity contribution in [1.82, 2.24) is 0 Å². The molecule has 0 aromatic heterocycles. The van der Waals surface area contributed by atoms with Crippen molar-refractivity contribution >= 4 is 0 Å². The molecule has 3 fully saturated rings. The van der Waals surface area contributed by atoms with Crippen molar-refractivity contribution in [1.29, 1.82) is 0 Å². The maximum Gasteiger partial charge on any atom is 0.187 e.